The van der Waals surface area contributed by atoms with Crippen LogP contribution >= 0.6 is 11.3 Å². The molecule has 0 radical (unpaired) electrons. The largest absolute Gasteiger partial charge is 0.492 e. The molecule has 2 aromatic rings. The van der Waals surface area contributed by atoms with Crippen LogP contribution in [0.2, 0.25) is 0 Å². The third kappa shape index (κ3) is 3.69. The Kier molecular flexibility index (Phi) is 4.35. The van der Waals surface area contributed by atoms with Crippen LogP contribution in [0.25, 0.3) is 0 Å². The number of ether oxygens (including phenoxy) is 1. The topological polar surface area (TPSA) is 62.7 Å². The second kappa shape index (κ2) is 6.19. The molecule has 0 aliphatic carbocycles. The van der Waals surface area contributed by atoms with Crippen LogP contribution in [0.4, 0.5) is 5.13 Å². The van der Waals surface area contributed by atoms with Crippen molar-refractivity contribution in [1.82, 2.24) is 4.98 Å². The zero-order valence-electron chi connectivity index (χ0n) is 10.4. The number of aromatic carboxylic acids is 1. The minimum Gasteiger partial charge on any atom is -0.492 e. The molecule has 0 spiro atoms. The van der Waals surface area contributed by atoms with Crippen LogP contribution in [0.3, 0.4) is 0 Å². The van der Waals surface area contributed by atoms with E-state index in [0.717, 1.165) is 5.75 Å². The maximum Gasteiger partial charge on any atom is 0.355 e. The van der Waals surface area contributed by atoms with Gasteiger partial charge in [-0.05, 0) is 12.1 Å². The lowest BCUT2D eigenvalue weighted by molar-refractivity contribution is 0.0691. The summed E-state index contributed by atoms with van der Waals surface area (Å²) >= 11 is 1.31. The summed E-state index contributed by atoms with van der Waals surface area (Å²) < 4.78 is 5.57. The Bertz CT molecular complexity index is 542. The summed E-state index contributed by atoms with van der Waals surface area (Å²) in [5.74, 6) is -0.183. The van der Waals surface area contributed by atoms with E-state index in [-0.39, 0.29) is 5.69 Å². The van der Waals surface area contributed by atoms with Crippen LogP contribution in [0.15, 0.2) is 35.7 Å². The number of carbonyl (C=O) groups is 1. The van der Waals surface area contributed by atoms with Crippen molar-refractivity contribution in [1.29, 1.82) is 0 Å². The first-order valence-corrected chi connectivity index (χ1v) is 6.62. The standard InChI is InChI=1S/C13H14N2O3S/c1-15(13-14-11(9-19-13)12(16)17)7-8-18-10-5-3-2-4-6-10/h2-6,9H,7-8H2,1H3,(H,16,17). The van der Waals surface area contributed by atoms with E-state index in [4.69, 9.17) is 9.84 Å². The van der Waals surface area contributed by atoms with E-state index < -0.39 is 5.97 Å². The van der Waals surface area contributed by atoms with E-state index in [2.05, 4.69) is 4.98 Å². The Morgan fingerprint density at radius 1 is 1.42 bits per heavy atom. The van der Waals surface area contributed by atoms with Crippen molar-refractivity contribution in [3.8, 4) is 5.75 Å². The quantitative estimate of drug-likeness (QED) is 0.878. The third-order valence-electron chi connectivity index (χ3n) is 2.48. The van der Waals surface area contributed by atoms with Crippen molar-refractivity contribution in [2.75, 3.05) is 25.1 Å². The van der Waals surface area contributed by atoms with E-state index in [1.165, 1.54) is 16.7 Å². The molecule has 19 heavy (non-hydrogen) atoms. The van der Waals surface area contributed by atoms with E-state index in [0.29, 0.717) is 18.3 Å². The Morgan fingerprint density at radius 3 is 2.79 bits per heavy atom. The molecule has 5 nitrogen and oxygen atoms in total. The monoisotopic (exact) mass is 278 g/mol. The number of carboxylic acids is 1. The molecule has 1 N–H and O–H groups in total. The Hall–Kier alpha value is -2.08. The molecule has 1 aromatic carbocycles. The van der Waals surface area contributed by atoms with Gasteiger partial charge in [0.05, 0.1) is 6.54 Å². The summed E-state index contributed by atoms with van der Waals surface area (Å²) in [5.41, 5.74) is 0.0795. The molecule has 6 heteroatoms. The van der Waals surface area contributed by atoms with Crippen molar-refractivity contribution in [3.63, 3.8) is 0 Å². The van der Waals surface area contributed by atoms with Crippen LogP contribution in [-0.2, 0) is 0 Å². The zero-order valence-corrected chi connectivity index (χ0v) is 11.3. The van der Waals surface area contributed by atoms with Crippen LogP contribution < -0.4 is 9.64 Å². The Labute approximate surface area is 115 Å². The number of carboxylic acid groups (broad SMARTS) is 1. The number of rotatable bonds is 6. The molecule has 1 heterocycles. The number of aromatic nitrogens is 1. The van der Waals surface area contributed by atoms with Gasteiger partial charge in [-0.2, -0.15) is 0 Å². The van der Waals surface area contributed by atoms with Crippen molar-refractivity contribution in [3.05, 3.63) is 41.4 Å². The lowest BCUT2D eigenvalue weighted by Crippen LogP contribution is -2.23. The molecule has 0 unspecified atom stereocenters. The SMILES string of the molecule is CN(CCOc1ccccc1)c1nc(C(=O)O)cs1. The molecule has 0 saturated heterocycles. The number of likely N-dealkylation sites (N-methyl/N-ethyl adjacent to an activating group) is 1. The number of hydrogen-bond acceptors (Lipinski definition) is 5. The minimum atomic E-state index is -1.00. The van der Waals surface area contributed by atoms with Gasteiger partial charge < -0.3 is 14.7 Å². The normalized spacial score (nSPS) is 10.2. The van der Waals surface area contributed by atoms with Crippen molar-refractivity contribution < 1.29 is 14.6 Å². The Morgan fingerprint density at radius 2 is 2.16 bits per heavy atom. The molecular weight excluding hydrogens is 264 g/mol. The average Bonchev–Trinajstić information content (AvgIpc) is 2.89. The van der Waals surface area contributed by atoms with Crippen LogP contribution in [0.5, 0.6) is 5.75 Å². The van der Waals surface area contributed by atoms with Crippen LogP contribution in [0, 0.1) is 0 Å². The molecular formula is C13H14N2O3S. The summed E-state index contributed by atoms with van der Waals surface area (Å²) in [5, 5.41) is 11.0. The molecule has 0 saturated carbocycles. The maximum atomic E-state index is 10.7. The van der Waals surface area contributed by atoms with Gasteiger partial charge in [0.2, 0.25) is 0 Å². The molecule has 0 fully saturated rings. The fourth-order valence-electron chi connectivity index (χ4n) is 1.45. The van der Waals surface area contributed by atoms with Gasteiger partial charge in [0.1, 0.15) is 12.4 Å². The molecule has 2 rings (SSSR count). The highest BCUT2D eigenvalue weighted by atomic mass is 32.1. The second-order valence-corrected chi connectivity index (χ2v) is 4.74. The van der Waals surface area contributed by atoms with E-state index in [1.807, 2.05) is 42.3 Å². The molecule has 1 aromatic heterocycles. The van der Waals surface area contributed by atoms with Gasteiger partial charge in [-0.25, -0.2) is 9.78 Å². The fraction of sp³-hybridized carbons (Fsp3) is 0.231. The van der Waals surface area contributed by atoms with Crippen LogP contribution in [0.1, 0.15) is 10.5 Å². The number of thiazole rings is 1. The van der Waals surface area contributed by atoms with Gasteiger partial charge >= 0.3 is 5.97 Å². The van der Waals surface area contributed by atoms with Crippen molar-refractivity contribution >= 4 is 22.4 Å². The van der Waals surface area contributed by atoms with E-state index in [9.17, 15) is 4.79 Å². The lowest BCUT2D eigenvalue weighted by atomic mass is 10.3. The third-order valence-corrected chi connectivity index (χ3v) is 3.43. The van der Waals surface area contributed by atoms with Crippen LogP contribution in [-0.4, -0.2) is 36.3 Å². The molecule has 0 aliphatic rings. The Balaban J connectivity index is 1.83. The number of anilines is 1. The summed E-state index contributed by atoms with van der Waals surface area (Å²) in [6, 6.07) is 9.55. The van der Waals surface area contributed by atoms with Gasteiger partial charge in [-0.1, -0.05) is 18.2 Å². The molecule has 0 aliphatic heterocycles. The molecule has 0 amide bonds. The van der Waals surface area contributed by atoms with E-state index in [1.54, 1.807) is 0 Å². The zero-order chi connectivity index (χ0) is 13.7. The second-order valence-electron chi connectivity index (χ2n) is 3.90. The van der Waals surface area contributed by atoms with Crippen molar-refractivity contribution in [2.45, 2.75) is 0 Å². The summed E-state index contributed by atoms with van der Waals surface area (Å²) in [7, 11) is 1.86. The average molecular weight is 278 g/mol. The first-order valence-electron chi connectivity index (χ1n) is 5.74. The number of hydrogen-bond donors (Lipinski definition) is 1. The fourth-order valence-corrected chi connectivity index (χ4v) is 2.24. The van der Waals surface area contributed by atoms with Crippen molar-refractivity contribution in [2.24, 2.45) is 0 Å². The minimum absolute atomic E-state index is 0.0795. The summed E-state index contributed by atoms with van der Waals surface area (Å²) in [4.78, 5) is 16.6. The molecule has 100 valence electrons. The maximum absolute atomic E-state index is 10.7. The van der Waals surface area contributed by atoms with E-state index >= 15 is 0 Å². The smallest absolute Gasteiger partial charge is 0.355 e. The first-order chi connectivity index (χ1) is 9.16. The van der Waals surface area contributed by atoms with Gasteiger partial charge in [-0.3, -0.25) is 0 Å². The highest BCUT2D eigenvalue weighted by Gasteiger charge is 2.11. The van der Waals surface area contributed by atoms with Gasteiger partial charge in [0.15, 0.2) is 10.8 Å². The predicted octanol–water partition coefficient (Wildman–Crippen LogP) is 2.36. The lowest BCUT2D eigenvalue weighted by Gasteiger charge is -2.15. The highest BCUT2D eigenvalue weighted by molar-refractivity contribution is 7.13. The highest BCUT2D eigenvalue weighted by Crippen LogP contribution is 2.19. The molecule has 0 bridgehead atoms. The molecule has 0 atom stereocenters. The first kappa shape index (κ1) is 13.4. The number of benzene rings is 1. The number of para-hydroxylation sites is 1. The number of nitrogens with zero attached hydrogens (tertiary/aromatic N) is 2. The summed E-state index contributed by atoms with van der Waals surface area (Å²) in [6.45, 7) is 1.16. The van der Waals surface area contributed by atoms with Gasteiger partial charge in [-0.15, -0.1) is 11.3 Å². The van der Waals surface area contributed by atoms with Gasteiger partial charge in [0, 0.05) is 12.4 Å². The van der Waals surface area contributed by atoms with Gasteiger partial charge in [0.25, 0.3) is 0 Å². The predicted molar refractivity (Wildman–Crippen MR) is 74.3 cm³/mol. The summed E-state index contributed by atoms with van der Waals surface area (Å²) in [6.07, 6.45) is 0.